The van der Waals surface area contributed by atoms with Crippen molar-refractivity contribution in [2.75, 3.05) is 45.6 Å². The number of piperidine rings is 2. The topological polar surface area (TPSA) is 123 Å². The van der Waals surface area contributed by atoms with E-state index in [0.717, 1.165) is 31.9 Å². The molecular weight excluding hydrogens is 464 g/mol. The second-order valence-corrected chi connectivity index (χ2v) is 12.6. The highest BCUT2D eigenvalue weighted by Gasteiger charge is 2.28. The van der Waals surface area contributed by atoms with Crippen molar-refractivity contribution < 1.29 is 36.8 Å². The van der Waals surface area contributed by atoms with Crippen LogP contribution in [-0.4, -0.2) is 92.4 Å². The zero-order chi connectivity index (χ0) is 26.2. The first-order valence-corrected chi connectivity index (χ1v) is 13.7. The van der Waals surface area contributed by atoms with Gasteiger partial charge in [0.05, 0.1) is 12.9 Å². The zero-order valence-electron chi connectivity index (χ0n) is 21.8. The number of carbonyl (C=O) groups excluding carboxylic acids is 2. The van der Waals surface area contributed by atoms with E-state index in [-0.39, 0.29) is 31.3 Å². The van der Waals surface area contributed by atoms with Crippen LogP contribution in [0.1, 0.15) is 67.2 Å². The second kappa shape index (κ2) is 12.9. The summed E-state index contributed by atoms with van der Waals surface area (Å²) in [6.07, 6.45) is 3.70. The number of amides is 2. The Morgan fingerprint density at radius 1 is 0.794 bits per heavy atom. The molecule has 34 heavy (non-hydrogen) atoms. The molecule has 200 valence electrons. The Labute approximate surface area is 205 Å². The molecule has 2 saturated heterocycles. The molecule has 0 aromatic rings. The van der Waals surface area contributed by atoms with Gasteiger partial charge in [-0.3, -0.25) is 4.18 Å². The molecule has 2 amide bonds. The number of hydrogen-bond donors (Lipinski definition) is 1. The van der Waals surface area contributed by atoms with Crippen LogP contribution in [0, 0.1) is 11.8 Å². The summed E-state index contributed by atoms with van der Waals surface area (Å²) in [7, 11) is -3.38. The van der Waals surface area contributed by atoms with E-state index in [1.54, 1.807) is 9.80 Å². The summed E-state index contributed by atoms with van der Waals surface area (Å²) in [4.78, 5) is 26.8. The number of carbonyl (C=O) groups is 2. The summed E-state index contributed by atoms with van der Waals surface area (Å²) in [6.45, 7) is 14.1. The van der Waals surface area contributed by atoms with E-state index in [9.17, 15) is 18.0 Å². The molecule has 0 aromatic carbocycles. The maximum absolute atomic E-state index is 11.8. The summed E-state index contributed by atoms with van der Waals surface area (Å²) in [5, 5.41) is 8.97. The summed E-state index contributed by atoms with van der Waals surface area (Å²) in [6, 6.07) is 0. The monoisotopic (exact) mass is 508 g/mol. The number of hydrogen-bond acceptors (Lipinski definition) is 8. The molecule has 0 bridgehead atoms. The second-order valence-electron chi connectivity index (χ2n) is 11.0. The Morgan fingerprint density at radius 2 is 1.15 bits per heavy atom. The van der Waals surface area contributed by atoms with Gasteiger partial charge in [-0.25, -0.2) is 9.59 Å². The number of nitrogens with zero attached hydrogens (tertiary/aromatic N) is 2. The minimum absolute atomic E-state index is 0.174. The fourth-order valence-electron chi connectivity index (χ4n) is 3.45. The van der Waals surface area contributed by atoms with Crippen molar-refractivity contribution in [2.45, 2.75) is 78.4 Å². The summed E-state index contributed by atoms with van der Waals surface area (Å²) in [5.41, 5.74) is -0.918. The van der Waals surface area contributed by atoms with Gasteiger partial charge in [0, 0.05) is 32.8 Å². The largest absolute Gasteiger partial charge is 0.444 e. The molecule has 11 heteroatoms. The lowest BCUT2D eigenvalue weighted by Crippen LogP contribution is -2.42. The molecule has 2 aliphatic rings. The van der Waals surface area contributed by atoms with Gasteiger partial charge in [0.1, 0.15) is 11.2 Å². The lowest BCUT2D eigenvalue weighted by molar-refractivity contribution is 0.0152. The molecule has 0 atom stereocenters. The minimum atomic E-state index is -3.38. The fraction of sp³-hybridized carbons (Fsp3) is 0.913. The van der Waals surface area contributed by atoms with Crippen LogP contribution in [0.2, 0.25) is 0 Å². The van der Waals surface area contributed by atoms with Crippen molar-refractivity contribution in [2.24, 2.45) is 11.8 Å². The standard InChI is InChI=1S/C12H23NO5S.C11H21NO3/c1-12(2,3)18-11(14)13-7-5-10(6-8-13)9-17-19(4,15)16;1-11(2,3)15-10(14)12-6-4-9(8-13)5-7-12/h10H,5-9H2,1-4H3;9,13H,4-8H2,1-3H3. The van der Waals surface area contributed by atoms with Crippen molar-refractivity contribution >= 4 is 22.3 Å². The summed E-state index contributed by atoms with van der Waals surface area (Å²) >= 11 is 0. The van der Waals surface area contributed by atoms with Gasteiger partial charge in [0.2, 0.25) is 0 Å². The van der Waals surface area contributed by atoms with E-state index in [1.165, 1.54) is 0 Å². The van der Waals surface area contributed by atoms with Gasteiger partial charge in [-0.15, -0.1) is 0 Å². The first-order chi connectivity index (χ1) is 15.5. The average Bonchev–Trinajstić information content (AvgIpc) is 2.70. The molecule has 2 rings (SSSR count). The molecule has 0 saturated carbocycles. The Kier molecular flexibility index (Phi) is 11.6. The van der Waals surface area contributed by atoms with Crippen LogP contribution >= 0.6 is 0 Å². The summed E-state index contributed by atoms with van der Waals surface area (Å²) in [5.74, 6) is 0.525. The van der Waals surface area contributed by atoms with E-state index in [0.29, 0.717) is 32.1 Å². The predicted octanol–water partition coefficient (Wildman–Crippen LogP) is 3.24. The van der Waals surface area contributed by atoms with Gasteiger partial charge in [0.15, 0.2) is 0 Å². The van der Waals surface area contributed by atoms with Crippen LogP contribution in [0.25, 0.3) is 0 Å². The first kappa shape index (κ1) is 30.4. The van der Waals surface area contributed by atoms with E-state index in [4.69, 9.17) is 18.8 Å². The summed E-state index contributed by atoms with van der Waals surface area (Å²) < 4.78 is 37.1. The van der Waals surface area contributed by atoms with Crippen molar-refractivity contribution in [3.05, 3.63) is 0 Å². The number of rotatable bonds is 4. The van der Waals surface area contributed by atoms with Gasteiger partial charge in [0.25, 0.3) is 10.1 Å². The number of likely N-dealkylation sites (tertiary alicyclic amines) is 2. The highest BCUT2D eigenvalue weighted by atomic mass is 32.2. The lowest BCUT2D eigenvalue weighted by Gasteiger charge is -2.33. The van der Waals surface area contributed by atoms with Gasteiger partial charge in [-0.1, -0.05) is 0 Å². The van der Waals surface area contributed by atoms with Crippen LogP contribution in [0.4, 0.5) is 9.59 Å². The number of aliphatic hydroxyl groups excluding tert-OH is 1. The fourth-order valence-corrected chi connectivity index (χ4v) is 3.89. The molecule has 0 aromatic heterocycles. The molecular formula is C23H44N2O8S. The van der Waals surface area contributed by atoms with Crippen LogP contribution in [0.3, 0.4) is 0 Å². The molecule has 1 N–H and O–H groups in total. The van der Waals surface area contributed by atoms with Crippen LogP contribution in [-0.2, 0) is 23.8 Å². The molecule has 0 spiro atoms. The molecule has 2 fully saturated rings. The van der Waals surface area contributed by atoms with Crippen molar-refractivity contribution in [1.29, 1.82) is 0 Å². The van der Waals surface area contributed by atoms with Crippen LogP contribution in [0.5, 0.6) is 0 Å². The first-order valence-electron chi connectivity index (χ1n) is 11.9. The van der Waals surface area contributed by atoms with Gasteiger partial charge < -0.3 is 24.4 Å². The van der Waals surface area contributed by atoms with Gasteiger partial charge >= 0.3 is 12.2 Å². The Hall–Kier alpha value is -1.59. The van der Waals surface area contributed by atoms with Gasteiger partial charge in [-0.05, 0) is 79.1 Å². The van der Waals surface area contributed by atoms with Crippen molar-refractivity contribution in [3.8, 4) is 0 Å². The van der Waals surface area contributed by atoms with Crippen LogP contribution < -0.4 is 0 Å². The van der Waals surface area contributed by atoms with E-state index >= 15 is 0 Å². The third-order valence-electron chi connectivity index (χ3n) is 5.31. The molecule has 0 unspecified atom stereocenters. The van der Waals surface area contributed by atoms with E-state index in [1.807, 2.05) is 41.5 Å². The third-order valence-corrected chi connectivity index (χ3v) is 5.87. The normalized spacial score (nSPS) is 18.7. The third kappa shape index (κ3) is 13.3. The Balaban J connectivity index is 0.000000350. The molecule has 0 aliphatic carbocycles. The van der Waals surface area contributed by atoms with Crippen LogP contribution in [0.15, 0.2) is 0 Å². The highest BCUT2D eigenvalue weighted by molar-refractivity contribution is 7.85. The SMILES string of the molecule is CC(C)(C)OC(=O)N1CCC(CO)CC1.CC(C)(C)OC(=O)N1CCC(COS(C)(=O)=O)CC1. The number of aliphatic hydroxyl groups is 1. The average molecular weight is 509 g/mol. The van der Waals surface area contributed by atoms with Gasteiger partial charge in [-0.2, -0.15) is 8.42 Å². The Morgan fingerprint density at radius 3 is 1.44 bits per heavy atom. The quantitative estimate of drug-likeness (QED) is 0.574. The Bertz CT molecular complexity index is 742. The molecule has 2 aliphatic heterocycles. The molecule has 0 radical (unpaired) electrons. The van der Waals surface area contributed by atoms with E-state index in [2.05, 4.69) is 0 Å². The number of ether oxygens (including phenoxy) is 2. The molecule has 2 heterocycles. The smallest absolute Gasteiger partial charge is 0.410 e. The van der Waals surface area contributed by atoms with Crippen molar-refractivity contribution in [3.63, 3.8) is 0 Å². The molecule has 10 nitrogen and oxygen atoms in total. The highest BCUT2D eigenvalue weighted by Crippen LogP contribution is 2.21. The maximum atomic E-state index is 11.8. The van der Waals surface area contributed by atoms with E-state index < -0.39 is 21.3 Å². The lowest BCUT2D eigenvalue weighted by atomic mass is 9.98. The predicted molar refractivity (Wildman–Crippen MR) is 129 cm³/mol. The minimum Gasteiger partial charge on any atom is -0.444 e. The maximum Gasteiger partial charge on any atom is 0.410 e. The van der Waals surface area contributed by atoms with Crippen molar-refractivity contribution in [1.82, 2.24) is 9.80 Å². The zero-order valence-corrected chi connectivity index (χ0v) is 22.6.